The molecule has 0 aromatic carbocycles. The lowest BCUT2D eigenvalue weighted by atomic mass is 10.1. The van der Waals surface area contributed by atoms with Crippen molar-refractivity contribution in [3.05, 3.63) is 30.7 Å². The molecule has 7 nitrogen and oxygen atoms in total. The third-order valence-corrected chi connectivity index (χ3v) is 4.34. The van der Waals surface area contributed by atoms with Crippen molar-refractivity contribution >= 4 is 22.7 Å². The number of fused-ring (bicyclic) bond motifs is 1. The van der Waals surface area contributed by atoms with Crippen molar-refractivity contribution in [1.29, 1.82) is 0 Å². The second-order valence-electron chi connectivity index (χ2n) is 5.75. The van der Waals surface area contributed by atoms with Gasteiger partial charge in [-0.3, -0.25) is 0 Å². The van der Waals surface area contributed by atoms with Gasteiger partial charge >= 0.3 is 0 Å². The number of nitrogens with one attached hydrogen (secondary N) is 1. The number of anilines is 2. The van der Waals surface area contributed by atoms with Gasteiger partial charge in [-0.1, -0.05) is 0 Å². The van der Waals surface area contributed by atoms with Crippen LogP contribution in [-0.2, 0) is 4.74 Å². The fraction of sp³-hybridized carbons (Fsp3) is 0.312. The monoisotopic (exact) mass is 328 g/mol. The number of aromatic amines is 1. The Morgan fingerprint density at radius 1 is 1.29 bits per heavy atom. The first-order chi connectivity index (χ1) is 11.7. The van der Waals surface area contributed by atoms with Crippen LogP contribution < -0.4 is 10.6 Å². The molecule has 0 spiro atoms. The summed E-state index contributed by atoms with van der Waals surface area (Å²) in [5, 5.41) is 0.888. The maximum Gasteiger partial charge on any atom is 0.220 e. The zero-order chi connectivity index (χ0) is 16.7. The summed E-state index contributed by atoms with van der Waals surface area (Å²) in [6.45, 7) is 0.779. The highest BCUT2D eigenvalue weighted by Crippen LogP contribution is 2.36. The zero-order valence-corrected chi connectivity index (χ0v) is 13.1. The number of alkyl halides is 1. The molecule has 24 heavy (non-hydrogen) atoms. The maximum atomic E-state index is 14.1. The van der Waals surface area contributed by atoms with Gasteiger partial charge in [-0.05, 0) is 12.1 Å². The van der Waals surface area contributed by atoms with Gasteiger partial charge in [0.1, 0.15) is 17.9 Å². The van der Waals surface area contributed by atoms with Crippen LogP contribution in [0.4, 0.5) is 16.0 Å². The van der Waals surface area contributed by atoms with E-state index in [-0.39, 0.29) is 12.5 Å². The molecule has 1 aliphatic rings. The molecule has 3 aromatic heterocycles. The lowest BCUT2D eigenvalue weighted by molar-refractivity contribution is 0.0650. The molecule has 1 fully saturated rings. The van der Waals surface area contributed by atoms with Crippen molar-refractivity contribution in [3.63, 3.8) is 0 Å². The van der Waals surface area contributed by atoms with Crippen molar-refractivity contribution in [1.82, 2.24) is 19.9 Å². The number of ether oxygens (including phenoxy) is 1. The van der Waals surface area contributed by atoms with Crippen LogP contribution in [0.1, 0.15) is 0 Å². The molecule has 2 atom stereocenters. The highest BCUT2D eigenvalue weighted by atomic mass is 19.1. The van der Waals surface area contributed by atoms with Crippen LogP contribution >= 0.6 is 0 Å². The highest BCUT2D eigenvalue weighted by Gasteiger charge is 2.34. The van der Waals surface area contributed by atoms with Gasteiger partial charge < -0.3 is 20.4 Å². The van der Waals surface area contributed by atoms with E-state index in [2.05, 4.69) is 19.9 Å². The number of hydrogen-bond acceptors (Lipinski definition) is 6. The molecule has 2 unspecified atom stereocenters. The molecule has 3 N–H and O–H groups in total. The van der Waals surface area contributed by atoms with Crippen LogP contribution in [0, 0.1) is 0 Å². The van der Waals surface area contributed by atoms with Gasteiger partial charge in [0.25, 0.3) is 0 Å². The van der Waals surface area contributed by atoms with Crippen LogP contribution in [0.5, 0.6) is 0 Å². The van der Waals surface area contributed by atoms with Crippen LogP contribution in [-0.4, -0.2) is 52.4 Å². The standard InChI is InChI=1S/C16H17FN6O/c1-24-13-8-23(7-10(13)17)12-3-5-19-15-14(12)9(6-21-15)11-2-4-20-16(18)22-11/h2-6,10,13H,7-8H2,1H3,(H,19,21)(H2,18,20,22). The minimum Gasteiger partial charge on any atom is -0.377 e. The molecule has 4 heterocycles. The Hall–Kier alpha value is -2.74. The number of aromatic nitrogens is 4. The number of methoxy groups -OCH3 is 1. The van der Waals surface area contributed by atoms with Crippen LogP contribution in [0.2, 0.25) is 0 Å². The third-order valence-electron chi connectivity index (χ3n) is 4.34. The van der Waals surface area contributed by atoms with Gasteiger partial charge in [0, 0.05) is 37.8 Å². The molecule has 4 rings (SSSR count). The van der Waals surface area contributed by atoms with E-state index < -0.39 is 12.3 Å². The first-order valence-electron chi connectivity index (χ1n) is 7.64. The first-order valence-corrected chi connectivity index (χ1v) is 7.64. The summed E-state index contributed by atoms with van der Waals surface area (Å²) < 4.78 is 19.3. The molecule has 124 valence electrons. The van der Waals surface area contributed by atoms with Gasteiger partial charge in [-0.25, -0.2) is 19.3 Å². The number of nitrogen functional groups attached to an aromatic ring is 1. The van der Waals surface area contributed by atoms with Gasteiger partial charge in [0.05, 0.1) is 23.3 Å². The van der Waals surface area contributed by atoms with E-state index in [9.17, 15) is 4.39 Å². The van der Waals surface area contributed by atoms with Crippen molar-refractivity contribution in [2.45, 2.75) is 12.3 Å². The molecular weight excluding hydrogens is 311 g/mol. The second kappa shape index (κ2) is 5.72. The molecule has 0 radical (unpaired) electrons. The fourth-order valence-corrected chi connectivity index (χ4v) is 3.18. The Kier molecular flexibility index (Phi) is 3.53. The van der Waals surface area contributed by atoms with Gasteiger partial charge in [-0.2, -0.15) is 0 Å². The molecule has 1 aliphatic heterocycles. The van der Waals surface area contributed by atoms with E-state index in [1.807, 2.05) is 17.2 Å². The summed E-state index contributed by atoms with van der Waals surface area (Å²) in [7, 11) is 1.54. The normalized spacial score (nSPS) is 20.8. The Labute approximate surface area is 137 Å². The van der Waals surface area contributed by atoms with E-state index in [1.54, 1.807) is 18.5 Å². The van der Waals surface area contributed by atoms with Gasteiger partial charge in [-0.15, -0.1) is 0 Å². The summed E-state index contributed by atoms with van der Waals surface area (Å²) in [6.07, 6.45) is 3.71. The number of halogens is 1. The van der Waals surface area contributed by atoms with Gasteiger partial charge in [0.15, 0.2) is 0 Å². The van der Waals surface area contributed by atoms with Crippen LogP contribution in [0.25, 0.3) is 22.3 Å². The summed E-state index contributed by atoms with van der Waals surface area (Å²) >= 11 is 0. The largest absolute Gasteiger partial charge is 0.377 e. The molecule has 0 amide bonds. The van der Waals surface area contributed by atoms with Crippen molar-refractivity contribution in [3.8, 4) is 11.3 Å². The lowest BCUT2D eigenvalue weighted by Gasteiger charge is -2.19. The summed E-state index contributed by atoms with van der Waals surface area (Å²) in [5.74, 6) is 0.205. The molecule has 3 aromatic rings. The lowest BCUT2D eigenvalue weighted by Crippen LogP contribution is -2.23. The highest BCUT2D eigenvalue weighted by molar-refractivity contribution is 6.02. The quantitative estimate of drug-likeness (QED) is 0.761. The SMILES string of the molecule is COC1CN(c2ccnc3[nH]cc(-c4ccnc(N)n4)c23)CC1F. The summed E-state index contributed by atoms with van der Waals surface area (Å²) in [4.78, 5) is 17.7. The molecular formula is C16H17FN6O. The third kappa shape index (κ3) is 2.35. The summed E-state index contributed by atoms with van der Waals surface area (Å²) in [6, 6.07) is 3.67. The number of nitrogens with zero attached hydrogens (tertiary/aromatic N) is 4. The van der Waals surface area contributed by atoms with E-state index in [4.69, 9.17) is 10.5 Å². The van der Waals surface area contributed by atoms with E-state index in [0.29, 0.717) is 12.2 Å². The zero-order valence-electron chi connectivity index (χ0n) is 13.1. The van der Waals surface area contributed by atoms with Gasteiger partial charge in [0.2, 0.25) is 5.95 Å². The average Bonchev–Trinajstić information content (AvgIpc) is 3.18. The Bertz CT molecular complexity index is 882. The Balaban J connectivity index is 1.84. The molecule has 0 aliphatic carbocycles. The summed E-state index contributed by atoms with van der Waals surface area (Å²) in [5.41, 5.74) is 8.87. The van der Waals surface area contributed by atoms with Crippen molar-refractivity contribution < 1.29 is 9.13 Å². The Morgan fingerprint density at radius 3 is 2.88 bits per heavy atom. The molecule has 0 bridgehead atoms. The number of pyridine rings is 1. The first kappa shape index (κ1) is 14.8. The van der Waals surface area contributed by atoms with E-state index >= 15 is 0 Å². The van der Waals surface area contributed by atoms with Crippen LogP contribution in [0.15, 0.2) is 30.7 Å². The molecule has 1 saturated heterocycles. The number of rotatable bonds is 3. The smallest absolute Gasteiger partial charge is 0.220 e. The average molecular weight is 328 g/mol. The molecule has 0 saturated carbocycles. The van der Waals surface area contributed by atoms with E-state index in [0.717, 1.165) is 22.3 Å². The second-order valence-corrected chi connectivity index (χ2v) is 5.75. The van der Waals surface area contributed by atoms with Crippen molar-refractivity contribution in [2.24, 2.45) is 0 Å². The number of nitrogens with two attached hydrogens (primary N) is 1. The van der Waals surface area contributed by atoms with E-state index in [1.165, 1.54) is 7.11 Å². The minimum atomic E-state index is -1.02. The molecule has 8 heteroatoms. The predicted octanol–water partition coefficient (Wildman–Crippen LogP) is 1.78. The minimum absolute atomic E-state index is 0.205. The van der Waals surface area contributed by atoms with Crippen molar-refractivity contribution in [2.75, 3.05) is 30.8 Å². The topological polar surface area (TPSA) is 93.0 Å². The Morgan fingerprint density at radius 2 is 2.12 bits per heavy atom. The van der Waals surface area contributed by atoms with Crippen LogP contribution in [0.3, 0.4) is 0 Å². The maximum absolute atomic E-state index is 14.1. The fourth-order valence-electron chi connectivity index (χ4n) is 3.18. The number of H-pyrrole nitrogens is 1. The number of hydrogen-bond donors (Lipinski definition) is 2. The predicted molar refractivity (Wildman–Crippen MR) is 89.4 cm³/mol.